The van der Waals surface area contributed by atoms with Gasteiger partial charge in [0.1, 0.15) is 5.75 Å². The average molecular weight is 271 g/mol. The van der Waals surface area contributed by atoms with Crippen LogP contribution in [0.25, 0.3) is 0 Å². The molecule has 0 bridgehead atoms. The van der Waals surface area contributed by atoms with E-state index in [1.807, 2.05) is 6.92 Å². The van der Waals surface area contributed by atoms with Crippen molar-refractivity contribution in [2.75, 3.05) is 24.3 Å². The number of carbonyl (C=O) groups is 2. The molecule has 0 aliphatic heterocycles. The van der Waals surface area contributed by atoms with E-state index in [9.17, 15) is 9.59 Å². The molecule has 0 aliphatic carbocycles. The van der Waals surface area contributed by atoms with Crippen LogP contribution in [0.5, 0.6) is 5.75 Å². The van der Waals surface area contributed by atoms with Crippen LogP contribution in [0.1, 0.15) is 6.92 Å². The van der Waals surface area contributed by atoms with Gasteiger partial charge < -0.3 is 15.4 Å². The third kappa shape index (κ3) is 4.25. The predicted molar refractivity (Wildman–Crippen MR) is 70.0 cm³/mol. The summed E-state index contributed by atoms with van der Waals surface area (Å²) in [7, 11) is 0. The van der Waals surface area contributed by atoms with Crippen molar-refractivity contribution in [3.63, 3.8) is 0 Å². The van der Waals surface area contributed by atoms with Crippen LogP contribution in [0.4, 0.5) is 5.69 Å². The van der Waals surface area contributed by atoms with Crippen molar-refractivity contribution < 1.29 is 14.3 Å². The van der Waals surface area contributed by atoms with E-state index in [-0.39, 0.29) is 12.4 Å². The monoisotopic (exact) mass is 270 g/mol. The van der Waals surface area contributed by atoms with Crippen LogP contribution < -0.4 is 15.4 Å². The zero-order valence-corrected chi connectivity index (χ0v) is 10.8. The zero-order valence-electron chi connectivity index (χ0n) is 10.0. The SMILES string of the molecule is CCOc1ccccc1NC(=O)C(=O)NCCCl. The van der Waals surface area contributed by atoms with Crippen LogP contribution in [0.3, 0.4) is 0 Å². The summed E-state index contributed by atoms with van der Waals surface area (Å²) in [5.74, 6) is -0.679. The maximum Gasteiger partial charge on any atom is 0.313 e. The first-order chi connectivity index (χ1) is 8.69. The highest BCUT2D eigenvalue weighted by atomic mass is 35.5. The largest absolute Gasteiger partial charge is 0.492 e. The van der Waals surface area contributed by atoms with Gasteiger partial charge in [-0.1, -0.05) is 12.1 Å². The quantitative estimate of drug-likeness (QED) is 0.627. The maximum absolute atomic E-state index is 11.6. The molecule has 0 fully saturated rings. The Labute approximate surface area is 110 Å². The van der Waals surface area contributed by atoms with Crippen molar-refractivity contribution in [3.8, 4) is 5.75 Å². The number of carbonyl (C=O) groups excluding carboxylic acids is 2. The summed E-state index contributed by atoms with van der Waals surface area (Å²) in [5, 5.41) is 4.87. The van der Waals surface area contributed by atoms with Gasteiger partial charge in [0, 0.05) is 12.4 Å². The molecule has 0 heterocycles. The lowest BCUT2D eigenvalue weighted by atomic mass is 10.3. The van der Waals surface area contributed by atoms with Crippen molar-refractivity contribution in [2.24, 2.45) is 0 Å². The number of benzene rings is 1. The summed E-state index contributed by atoms with van der Waals surface area (Å²) < 4.78 is 5.33. The minimum absolute atomic E-state index is 0.251. The van der Waals surface area contributed by atoms with E-state index in [0.29, 0.717) is 18.0 Å². The number of hydrogen-bond acceptors (Lipinski definition) is 3. The van der Waals surface area contributed by atoms with E-state index >= 15 is 0 Å². The topological polar surface area (TPSA) is 67.4 Å². The zero-order chi connectivity index (χ0) is 13.4. The summed E-state index contributed by atoms with van der Waals surface area (Å²) >= 11 is 5.41. The van der Waals surface area contributed by atoms with E-state index < -0.39 is 11.8 Å². The van der Waals surface area contributed by atoms with Crippen LogP contribution in [0.15, 0.2) is 24.3 Å². The predicted octanol–water partition coefficient (Wildman–Crippen LogP) is 1.38. The average Bonchev–Trinajstić information content (AvgIpc) is 2.38. The number of amides is 2. The summed E-state index contributed by atoms with van der Waals surface area (Å²) in [4.78, 5) is 22.9. The smallest absolute Gasteiger partial charge is 0.313 e. The van der Waals surface area contributed by atoms with Crippen LogP contribution in [-0.2, 0) is 9.59 Å². The van der Waals surface area contributed by atoms with Crippen LogP contribution in [0.2, 0.25) is 0 Å². The molecule has 5 nitrogen and oxygen atoms in total. The van der Waals surface area contributed by atoms with Crippen molar-refractivity contribution in [1.29, 1.82) is 0 Å². The number of rotatable bonds is 5. The first kappa shape index (κ1) is 14.3. The highest BCUT2D eigenvalue weighted by molar-refractivity contribution is 6.39. The number of anilines is 1. The van der Waals surface area contributed by atoms with Gasteiger partial charge in [0.2, 0.25) is 0 Å². The third-order valence-corrected chi connectivity index (χ3v) is 2.21. The third-order valence-electron chi connectivity index (χ3n) is 2.02. The molecule has 0 radical (unpaired) electrons. The molecule has 2 amide bonds. The first-order valence-corrected chi connectivity index (χ1v) is 6.09. The van der Waals surface area contributed by atoms with Gasteiger partial charge in [-0.15, -0.1) is 11.6 Å². The molecule has 6 heteroatoms. The summed E-state index contributed by atoms with van der Waals surface area (Å²) in [6.07, 6.45) is 0. The summed E-state index contributed by atoms with van der Waals surface area (Å²) in [6, 6.07) is 6.91. The Morgan fingerprint density at radius 3 is 2.67 bits per heavy atom. The van der Waals surface area contributed by atoms with E-state index in [4.69, 9.17) is 16.3 Å². The molecule has 98 valence electrons. The highest BCUT2D eigenvalue weighted by Crippen LogP contribution is 2.23. The summed E-state index contributed by atoms with van der Waals surface area (Å²) in [5.41, 5.74) is 0.463. The Bertz CT molecular complexity index is 424. The molecular weight excluding hydrogens is 256 g/mol. The highest BCUT2D eigenvalue weighted by Gasteiger charge is 2.14. The molecule has 0 atom stereocenters. The number of nitrogens with one attached hydrogen (secondary N) is 2. The number of halogens is 1. The van der Waals surface area contributed by atoms with Gasteiger partial charge in [0.05, 0.1) is 12.3 Å². The second-order valence-electron chi connectivity index (χ2n) is 3.33. The second-order valence-corrected chi connectivity index (χ2v) is 3.71. The lowest BCUT2D eigenvalue weighted by Crippen LogP contribution is -2.36. The van der Waals surface area contributed by atoms with E-state index in [2.05, 4.69) is 10.6 Å². The fourth-order valence-corrected chi connectivity index (χ4v) is 1.37. The minimum atomic E-state index is -0.743. The van der Waals surface area contributed by atoms with Crippen LogP contribution in [0, 0.1) is 0 Å². The van der Waals surface area contributed by atoms with Gasteiger partial charge in [-0.2, -0.15) is 0 Å². The van der Waals surface area contributed by atoms with Crippen molar-refractivity contribution in [3.05, 3.63) is 24.3 Å². The van der Waals surface area contributed by atoms with Gasteiger partial charge >= 0.3 is 11.8 Å². The molecule has 0 aliphatic rings. The molecule has 0 unspecified atom stereocenters. The van der Waals surface area contributed by atoms with Crippen LogP contribution in [-0.4, -0.2) is 30.8 Å². The fourth-order valence-electron chi connectivity index (χ4n) is 1.27. The van der Waals surface area contributed by atoms with Crippen LogP contribution >= 0.6 is 11.6 Å². The maximum atomic E-state index is 11.6. The van der Waals surface area contributed by atoms with Gasteiger partial charge in [-0.05, 0) is 19.1 Å². The number of ether oxygens (including phenoxy) is 1. The number of alkyl halides is 1. The molecule has 0 saturated carbocycles. The van der Waals surface area contributed by atoms with Crippen molar-refractivity contribution in [1.82, 2.24) is 5.32 Å². The normalized spacial score (nSPS) is 9.67. The molecule has 1 aromatic carbocycles. The lowest BCUT2D eigenvalue weighted by molar-refractivity contribution is -0.136. The Morgan fingerprint density at radius 2 is 2.00 bits per heavy atom. The Balaban J connectivity index is 2.66. The standard InChI is InChI=1S/C12H15ClN2O3/c1-2-18-10-6-4-3-5-9(10)15-12(17)11(16)14-8-7-13/h3-6H,2,7-8H2,1H3,(H,14,16)(H,15,17). The number of para-hydroxylation sites is 2. The van der Waals surface area contributed by atoms with E-state index in [1.165, 1.54) is 0 Å². The molecule has 1 rings (SSSR count). The number of hydrogen-bond donors (Lipinski definition) is 2. The molecular formula is C12H15ClN2O3. The molecule has 0 aromatic heterocycles. The van der Waals surface area contributed by atoms with Crippen molar-refractivity contribution >= 4 is 29.1 Å². The van der Waals surface area contributed by atoms with Gasteiger partial charge in [0.25, 0.3) is 0 Å². The molecule has 0 spiro atoms. The van der Waals surface area contributed by atoms with Gasteiger partial charge in [-0.3, -0.25) is 9.59 Å². The molecule has 0 saturated heterocycles. The molecule has 2 N–H and O–H groups in total. The van der Waals surface area contributed by atoms with Crippen molar-refractivity contribution in [2.45, 2.75) is 6.92 Å². The second kappa shape index (κ2) is 7.55. The Hall–Kier alpha value is -1.75. The summed E-state index contributed by atoms with van der Waals surface area (Å²) in [6.45, 7) is 2.57. The fraction of sp³-hybridized carbons (Fsp3) is 0.333. The van der Waals surface area contributed by atoms with Gasteiger partial charge in [-0.25, -0.2) is 0 Å². The Morgan fingerprint density at radius 1 is 1.28 bits per heavy atom. The first-order valence-electron chi connectivity index (χ1n) is 5.56. The molecule has 1 aromatic rings. The van der Waals surface area contributed by atoms with E-state index in [1.54, 1.807) is 24.3 Å². The Kier molecular flexibility index (Phi) is 6.00. The molecule has 18 heavy (non-hydrogen) atoms. The lowest BCUT2D eigenvalue weighted by Gasteiger charge is -2.10. The van der Waals surface area contributed by atoms with E-state index in [0.717, 1.165) is 0 Å². The van der Waals surface area contributed by atoms with Gasteiger partial charge in [0.15, 0.2) is 0 Å². The minimum Gasteiger partial charge on any atom is -0.492 e.